The number of nitrogens with one attached hydrogen (secondary N) is 3. The first-order valence-electron chi connectivity index (χ1n) is 7.43. The predicted octanol–water partition coefficient (Wildman–Crippen LogP) is 0.685. The van der Waals surface area contributed by atoms with Gasteiger partial charge >= 0.3 is 0 Å². The maximum absolute atomic E-state index is 12.2. The fourth-order valence-corrected chi connectivity index (χ4v) is 2.92. The minimum atomic E-state index is -3.52. The second-order valence-corrected chi connectivity index (χ2v) is 7.03. The van der Waals surface area contributed by atoms with E-state index < -0.39 is 10.0 Å². The first-order chi connectivity index (χ1) is 10.9. The van der Waals surface area contributed by atoms with Gasteiger partial charge in [-0.2, -0.15) is 0 Å². The molecule has 0 spiro atoms. The fourth-order valence-electron chi connectivity index (χ4n) is 1.84. The summed E-state index contributed by atoms with van der Waals surface area (Å²) >= 11 is 0. The lowest BCUT2D eigenvalue weighted by Gasteiger charge is -2.15. The van der Waals surface area contributed by atoms with E-state index in [1.165, 1.54) is 7.11 Å². The molecule has 0 unspecified atom stereocenters. The maximum atomic E-state index is 12.2. The van der Waals surface area contributed by atoms with Crippen molar-refractivity contribution in [1.29, 1.82) is 0 Å². The summed E-state index contributed by atoms with van der Waals surface area (Å²) < 4.78 is 31.7. The number of sulfonamides is 1. The monoisotopic (exact) mass is 342 g/mol. The van der Waals surface area contributed by atoms with Crippen molar-refractivity contribution in [3.05, 3.63) is 29.8 Å². The number of ether oxygens (including phenoxy) is 1. The predicted molar refractivity (Wildman–Crippen MR) is 92.0 cm³/mol. The molecule has 1 aromatic rings. The van der Waals surface area contributed by atoms with Gasteiger partial charge in [-0.25, -0.2) is 13.1 Å². The Hall–Kier alpha value is -1.64. The molecule has 0 aliphatic carbocycles. The van der Waals surface area contributed by atoms with Crippen molar-refractivity contribution in [2.24, 2.45) is 4.99 Å². The standard InChI is InChI=1S/C15H26N4O3S/c1-12(2)19-15(16-3)17-11-13-6-5-7-14(10-13)23(20,21)18-8-9-22-4/h5-7,10,12,18H,8-9,11H2,1-4H3,(H2,16,17,19). The largest absolute Gasteiger partial charge is 0.383 e. The Bertz CT molecular complexity index is 615. The van der Waals surface area contributed by atoms with E-state index in [9.17, 15) is 8.42 Å². The van der Waals surface area contributed by atoms with Crippen molar-refractivity contribution < 1.29 is 13.2 Å². The Morgan fingerprint density at radius 2 is 2.09 bits per heavy atom. The lowest BCUT2D eigenvalue weighted by molar-refractivity contribution is 0.204. The Morgan fingerprint density at radius 1 is 1.35 bits per heavy atom. The highest BCUT2D eigenvalue weighted by Gasteiger charge is 2.13. The van der Waals surface area contributed by atoms with E-state index in [1.807, 2.05) is 19.9 Å². The first-order valence-corrected chi connectivity index (χ1v) is 8.92. The Labute approximate surface area is 138 Å². The van der Waals surface area contributed by atoms with Crippen molar-refractivity contribution in [2.45, 2.75) is 31.3 Å². The van der Waals surface area contributed by atoms with Crippen LogP contribution in [0.3, 0.4) is 0 Å². The second kappa shape index (κ2) is 9.49. The van der Waals surface area contributed by atoms with Crippen LogP contribution < -0.4 is 15.4 Å². The van der Waals surface area contributed by atoms with E-state index in [-0.39, 0.29) is 17.5 Å². The number of nitrogens with zero attached hydrogens (tertiary/aromatic N) is 1. The lowest BCUT2D eigenvalue weighted by atomic mass is 10.2. The third-order valence-electron chi connectivity index (χ3n) is 2.92. The number of guanidine groups is 1. The quantitative estimate of drug-likeness (QED) is 0.367. The van der Waals surface area contributed by atoms with Gasteiger partial charge in [0.25, 0.3) is 0 Å². The zero-order chi connectivity index (χ0) is 17.3. The van der Waals surface area contributed by atoms with Gasteiger partial charge in [0.05, 0.1) is 11.5 Å². The summed E-state index contributed by atoms with van der Waals surface area (Å²) in [7, 11) is -0.303. The van der Waals surface area contributed by atoms with E-state index >= 15 is 0 Å². The van der Waals surface area contributed by atoms with Crippen LogP contribution in [-0.4, -0.2) is 47.7 Å². The number of hydrogen-bond donors (Lipinski definition) is 3. The third kappa shape index (κ3) is 6.98. The molecule has 0 amide bonds. The molecule has 0 saturated carbocycles. The normalized spacial score (nSPS) is 12.5. The van der Waals surface area contributed by atoms with E-state index in [2.05, 4.69) is 20.3 Å². The lowest BCUT2D eigenvalue weighted by Crippen LogP contribution is -2.40. The fraction of sp³-hybridized carbons (Fsp3) is 0.533. The van der Waals surface area contributed by atoms with Crippen molar-refractivity contribution in [3.8, 4) is 0 Å². The average molecular weight is 342 g/mol. The highest BCUT2D eigenvalue weighted by molar-refractivity contribution is 7.89. The van der Waals surface area contributed by atoms with Crippen molar-refractivity contribution >= 4 is 16.0 Å². The SMILES string of the molecule is CN=C(NCc1cccc(S(=O)(=O)NCCOC)c1)NC(C)C. The van der Waals surface area contributed by atoms with Gasteiger partial charge in [0.1, 0.15) is 0 Å². The van der Waals surface area contributed by atoms with Gasteiger partial charge in [-0.3, -0.25) is 4.99 Å². The highest BCUT2D eigenvalue weighted by atomic mass is 32.2. The van der Waals surface area contributed by atoms with Gasteiger partial charge < -0.3 is 15.4 Å². The smallest absolute Gasteiger partial charge is 0.240 e. The molecule has 0 saturated heterocycles. The molecule has 3 N–H and O–H groups in total. The topological polar surface area (TPSA) is 91.8 Å². The molecule has 0 aliphatic heterocycles. The van der Waals surface area contributed by atoms with Crippen LogP contribution in [0, 0.1) is 0 Å². The molecule has 0 bridgehead atoms. The summed E-state index contributed by atoms with van der Waals surface area (Å²) in [5.41, 5.74) is 0.853. The molecule has 0 aromatic heterocycles. The van der Waals surface area contributed by atoms with E-state index in [0.717, 1.165) is 5.56 Å². The molecule has 8 heteroatoms. The summed E-state index contributed by atoms with van der Waals surface area (Å²) in [5.74, 6) is 0.673. The number of rotatable bonds is 8. The van der Waals surface area contributed by atoms with Crippen molar-refractivity contribution in [2.75, 3.05) is 27.3 Å². The summed E-state index contributed by atoms with van der Waals surface area (Å²) in [6, 6.07) is 7.06. The second-order valence-electron chi connectivity index (χ2n) is 5.26. The molecule has 0 aliphatic rings. The van der Waals surface area contributed by atoms with Gasteiger partial charge in [-0.05, 0) is 31.5 Å². The molecule has 7 nitrogen and oxygen atoms in total. The van der Waals surface area contributed by atoms with Gasteiger partial charge in [0.2, 0.25) is 10.0 Å². The van der Waals surface area contributed by atoms with Gasteiger partial charge in [-0.15, -0.1) is 0 Å². The van der Waals surface area contributed by atoms with Crippen LogP contribution in [0.4, 0.5) is 0 Å². The number of aliphatic imine (C=N–C) groups is 1. The molecule has 130 valence electrons. The maximum Gasteiger partial charge on any atom is 0.240 e. The highest BCUT2D eigenvalue weighted by Crippen LogP contribution is 2.11. The summed E-state index contributed by atoms with van der Waals surface area (Å²) in [6.07, 6.45) is 0. The van der Waals surface area contributed by atoms with Crippen LogP contribution in [0.1, 0.15) is 19.4 Å². The molecule has 0 radical (unpaired) electrons. The molecule has 1 aromatic carbocycles. The van der Waals surface area contributed by atoms with Crippen LogP contribution in [0.15, 0.2) is 34.2 Å². The average Bonchev–Trinajstić information content (AvgIpc) is 2.51. The molecule has 0 atom stereocenters. The van der Waals surface area contributed by atoms with Gasteiger partial charge in [-0.1, -0.05) is 12.1 Å². The van der Waals surface area contributed by atoms with Crippen LogP contribution in [0.25, 0.3) is 0 Å². The van der Waals surface area contributed by atoms with Crippen LogP contribution >= 0.6 is 0 Å². The minimum Gasteiger partial charge on any atom is -0.383 e. The summed E-state index contributed by atoms with van der Waals surface area (Å²) in [4.78, 5) is 4.35. The first kappa shape index (κ1) is 19.4. The number of benzene rings is 1. The van der Waals surface area contributed by atoms with Crippen molar-refractivity contribution in [3.63, 3.8) is 0 Å². The molecular formula is C15H26N4O3S. The zero-order valence-electron chi connectivity index (χ0n) is 14.1. The molecule has 0 heterocycles. The summed E-state index contributed by atoms with van der Waals surface area (Å²) in [5, 5.41) is 6.33. The summed E-state index contributed by atoms with van der Waals surface area (Å²) in [6.45, 7) is 5.09. The number of hydrogen-bond acceptors (Lipinski definition) is 4. The van der Waals surface area contributed by atoms with Crippen LogP contribution in [0.5, 0.6) is 0 Å². The molecule has 23 heavy (non-hydrogen) atoms. The van der Waals surface area contributed by atoms with E-state index in [4.69, 9.17) is 4.74 Å². The molecular weight excluding hydrogens is 316 g/mol. The van der Waals surface area contributed by atoms with Crippen LogP contribution in [0.2, 0.25) is 0 Å². The van der Waals surface area contributed by atoms with E-state index in [1.54, 1.807) is 25.2 Å². The molecule has 0 fully saturated rings. The Morgan fingerprint density at radius 3 is 2.70 bits per heavy atom. The van der Waals surface area contributed by atoms with Gasteiger partial charge in [0, 0.05) is 33.3 Å². The third-order valence-corrected chi connectivity index (χ3v) is 4.37. The van der Waals surface area contributed by atoms with Crippen LogP contribution in [-0.2, 0) is 21.3 Å². The van der Waals surface area contributed by atoms with E-state index in [0.29, 0.717) is 19.1 Å². The Kier molecular flexibility index (Phi) is 8.01. The van der Waals surface area contributed by atoms with Gasteiger partial charge in [0.15, 0.2) is 5.96 Å². The number of methoxy groups -OCH3 is 1. The molecule has 1 rings (SSSR count). The van der Waals surface area contributed by atoms with Crippen molar-refractivity contribution in [1.82, 2.24) is 15.4 Å². The zero-order valence-corrected chi connectivity index (χ0v) is 14.9. The minimum absolute atomic E-state index is 0.236. The Balaban J connectivity index is 2.73.